The second kappa shape index (κ2) is 9.90. The van der Waals surface area contributed by atoms with Crippen LogP contribution < -0.4 is 21.4 Å². The molecule has 0 atom stereocenters. The molecule has 4 N–H and O–H groups in total. The molecule has 0 aliphatic carbocycles. The van der Waals surface area contributed by atoms with Gasteiger partial charge >= 0.3 is 6.03 Å². The maximum absolute atomic E-state index is 12.2. The number of ether oxygens (including phenoxy) is 1. The normalized spacial score (nSPS) is 11.2. The average Bonchev–Trinajstić information content (AvgIpc) is 2.70. The van der Waals surface area contributed by atoms with E-state index in [1.165, 1.54) is 7.05 Å². The van der Waals surface area contributed by atoms with Crippen molar-refractivity contribution in [3.05, 3.63) is 58.7 Å². The summed E-state index contributed by atoms with van der Waals surface area (Å²) >= 11 is 0. The maximum Gasteiger partial charge on any atom is 0.352 e. The van der Waals surface area contributed by atoms with Crippen LogP contribution in [-0.2, 0) is 11.4 Å². The van der Waals surface area contributed by atoms with Gasteiger partial charge in [0, 0.05) is 12.6 Å². The Labute approximate surface area is 171 Å². The molecule has 0 unspecified atom stereocenters. The van der Waals surface area contributed by atoms with Gasteiger partial charge in [-0.3, -0.25) is 5.01 Å². The summed E-state index contributed by atoms with van der Waals surface area (Å²) in [5, 5.41) is 6.02. The number of carbonyl (C=O) groups excluding carboxylic acids is 1. The zero-order valence-electron chi connectivity index (χ0n) is 17.6. The molecular formula is C21H29N5O3. The zero-order chi connectivity index (χ0) is 21.6. The van der Waals surface area contributed by atoms with Gasteiger partial charge in [0.1, 0.15) is 19.0 Å². The Kier molecular flexibility index (Phi) is 7.58. The van der Waals surface area contributed by atoms with Crippen LogP contribution in [0.15, 0.2) is 41.6 Å². The minimum absolute atomic E-state index is 0.253. The molecule has 2 rings (SSSR count). The van der Waals surface area contributed by atoms with Crippen LogP contribution in [0.1, 0.15) is 36.1 Å². The van der Waals surface area contributed by atoms with E-state index in [9.17, 15) is 4.79 Å². The predicted octanol–water partition coefficient (Wildman–Crippen LogP) is 3.25. The molecule has 2 amide bonds. The second-order valence-corrected chi connectivity index (χ2v) is 6.70. The molecular weight excluding hydrogens is 370 g/mol. The summed E-state index contributed by atoms with van der Waals surface area (Å²) in [7, 11) is 1.44. The monoisotopic (exact) mass is 399 g/mol. The van der Waals surface area contributed by atoms with Crippen LogP contribution in [0.3, 0.4) is 0 Å². The van der Waals surface area contributed by atoms with Crippen LogP contribution in [0.2, 0.25) is 0 Å². The van der Waals surface area contributed by atoms with E-state index in [0.717, 1.165) is 43.7 Å². The molecule has 2 aromatic carbocycles. The third-order valence-corrected chi connectivity index (χ3v) is 4.45. The Balaban J connectivity index is 2.23. The minimum Gasteiger partial charge on any atom is -0.489 e. The number of oxime groups is 1. The molecule has 0 radical (unpaired) electrons. The van der Waals surface area contributed by atoms with Gasteiger partial charge in [0.05, 0.1) is 11.4 Å². The summed E-state index contributed by atoms with van der Waals surface area (Å²) in [5.41, 5.74) is 5.03. The standard InChI is InChI=1S/C21H29N5O3/c1-6-29-24-16(4)17-10-11-20(15(3)12-17)28-13-18-14(2)8-7-9-19(18)26(23)21(27)25(5)22/h7-12H,6,13,22-23H2,1-5H3. The van der Waals surface area contributed by atoms with E-state index in [1.807, 2.05) is 58.0 Å². The lowest BCUT2D eigenvalue weighted by Gasteiger charge is -2.24. The number of rotatable bonds is 7. The Bertz CT molecular complexity index is 896. The van der Waals surface area contributed by atoms with E-state index in [0.29, 0.717) is 12.3 Å². The van der Waals surface area contributed by atoms with Crippen molar-refractivity contribution in [3.8, 4) is 5.75 Å². The molecule has 0 aliphatic heterocycles. The predicted molar refractivity (Wildman–Crippen MR) is 115 cm³/mol. The summed E-state index contributed by atoms with van der Waals surface area (Å²) in [6.45, 7) is 8.47. The van der Waals surface area contributed by atoms with Crippen molar-refractivity contribution in [2.45, 2.75) is 34.3 Å². The van der Waals surface area contributed by atoms with Crippen molar-refractivity contribution in [1.29, 1.82) is 0 Å². The van der Waals surface area contributed by atoms with E-state index in [4.69, 9.17) is 21.3 Å². The molecule has 0 saturated heterocycles. The van der Waals surface area contributed by atoms with Crippen molar-refractivity contribution < 1.29 is 14.4 Å². The first-order chi connectivity index (χ1) is 13.8. The van der Waals surface area contributed by atoms with Crippen molar-refractivity contribution in [2.24, 2.45) is 16.8 Å². The Morgan fingerprint density at radius 1 is 1.14 bits per heavy atom. The number of amides is 2. The Morgan fingerprint density at radius 3 is 2.48 bits per heavy atom. The van der Waals surface area contributed by atoms with Gasteiger partial charge in [0.15, 0.2) is 0 Å². The van der Waals surface area contributed by atoms with Crippen LogP contribution >= 0.6 is 0 Å². The number of hydrogen-bond donors (Lipinski definition) is 2. The van der Waals surface area contributed by atoms with E-state index in [-0.39, 0.29) is 6.61 Å². The van der Waals surface area contributed by atoms with Gasteiger partial charge < -0.3 is 9.57 Å². The molecule has 0 heterocycles. The number of carbonyl (C=O) groups is 1. The minimum atomic E-state index is -0.526. The van der Waals surface area contributed by atoms with E-state index in [1.54, 1.807) is 6.07 Å². The molecule has 2 aromatic rings. The number of nitrogens with two attached hydrogens (primary N) is 2. The third-order valence-electron chi connectivity index (χ3n) is 4.45. The number of aryl methyl sites for hydroxylation is 2. The van der Waals surface area contributed by atoms with Crippen LogP contribution in [0.4, 0.5) is 10.5 Å². The first-order valence-corrected chi connectivity index (χ1v) is 9.32. The first kappa shape index (κ1) is 22.2. The molecule has 0 saturated carbocycles. The SMILES string of the molecule is CCON=C(C)c1ccc(OCc2c(C)cccc2N(N)C(=O)N(C)N)c(C)c1. The van der Waals surface area contributed by atoms with E-state index in [2.05, 4.69) is 5.16 Å². The average molecular weight is 399 g/mol. The Hall–Kier alpha value is -3.10. The first-order valence-electron chi connectivity index (χ1n) is 9.32. The summed E-state index contributed by atoms with van der Waals surface area (Å²) in [6, 6.07) is 10.8. The molecule has 8 heteroatoms. The van der Waals surface area contributed by atoms with E-state index < -0.39 is 6.03 Å². The molecule has 0 bridgehead atoms. The number of nitrogens with zero attached hydrogens (tertiary/aromatic N) is 3. The van der Waals surface area contributed by atoms with Crippen LogP contribution in [-0.4, -0.2) is 30.4 Å². The molecule has 156 valence electrons. The number of urea groups is 1. The highest BCUT2D eigenvalue weighted by atomic mass is 16.6. The van der Waals surface area contributed by atoms with Crippen molar-refractivity contribution >= 4 is 17.4 Å². The van der Waals surface area contributed by atoms with Gasteiger partial charge in [-0.15, -0.1) is 0 Å². The number of hydrogen-bond acceptors (Lipinski definition) is 6. The number of hydrazine groups is 2. The van der Waals surface area contributed by atoms with Crippen LogP contribution in [0, 0.1) is 13.8 Å². The second-order valence-electron chi connectivity index (χ2n) is 6.70. The van der Waals surface area contributed by atoms with E-state index >= 15 is 0 Å². The lowest BCUT2D eigenvalue weighted by molar-refractivity contribution is 0.159. The fourth-order valence-corrected chi connectivity index (χ4v) is 2.77. The Morgan fingerprint density at radius 2 is 1.86 bits per heavy atom. The van der Waals surface area contributed by atoms with Gasteiger partial charge in [-0.05, 0) is 68.7 Å². The third kappa shape index (κ3) is 5.46. The van der Waals surface area contributed by atoms with Crippen molar-refractivity contribution in [2.75, 3.05) is 18.7 Å². The fraction of sp³-hybridized carbons (Fsp3) is 0.333. The van der Waals surface area contributed by atoms with Crippen LogP contribution in [0.25, 0.3) is 0 Å². The quantitative estimate of drug-likeness (QED) is 0.322. The molecule has 0 spiro atoms. The molecule has 0 fully saturated rings. The molecule has 0 aliphatic rings. The molecule has 29 heavy (non-hydrogen) atoms. The maximum atomic E-state index is 12.2. The number of benzene rings is 2. The van der Waals surface area contributed by atoms with Gasteiger partial charge in [-0.1, -0.05) is 17.3 Å². The van der Waals surface area contributed by atoms with Gasteiger partial charge in [-0.25, -0.2) is 21.5 Å². The highest BCUT2D eigenvalue weighted by Gasteiger charge is 2.19. The van der Waals surface area contributed by atoms with Crippen molar-refractivity contribution in [3.63, 3.8) is 0 Å². The van der Waals surface area contributed by atoms with Gasteiger partial charge in [-0.2, -0.15) is 0 Å². The zero-order valence-corrected chi connectivity index (χ0v) is 17.6. The van der Waals surface area contributed by atoms with Crippen LogP contribution in [0.5, 0.6) is 5.75 Å². The summed E-state index contributed by atoms with van der Waals surface area (Å²) in [6.07, 6.45) is 0. The lowest BCUT2D eigenvalue weighted by atomic mass is 10.1. The number of anilines is 1. The summed E-state index contributed by atoms with van der Waals surface area (Å²) < 4.78 is 6.04. The topological polar surface area (TPSA) is 106 Å². The van der Waals surface area contributed by atoms with Crippen molar-refractivity contribution in [1.82, 2.24) is 5.01 Å². The lowest BCUT2D eigenvalue weighted by Crippen LogP contribution is -2.49. The highest BCUT2D eigenvalue weighted by molar-refractivity contribution is 5.98. The molecule has 0 aromatic heterocycles. The largest absolute Gasteiger partial charge is 0.489 e. The van der Waals surface area contributed by atoms with Gasteiger partial charge in [0.25, 0.3) is 0 Å². The molecule has 8 nitrogen and oxygen atoms in total. The smallest absolute Gasteiger partial charge is 0.352 e. The fourth-order valence-electron chi connectivity index (χ4n) is 2.77. The van der Waals surface area contributed by atoms with Gasteiger partial charge in [0.2, 0.25) is 0 Å². The summed E-state index contributed by atoms with van der Waals surface area (Å²) in [4.78, 5) is 17.3. The highest BCUT2D eigenvalue weighted by Crippen LogP contribution is 2.26. The summed E-state index contributed by atoms with van der Waals surface area (Å²) in [5.74, 6) is 12.2.